The van der Waals surface area contributed by atoms with Gasteiger partial charge in [0.05, 0.1) is 0 Å². The second-order valence-electron chi connectivity index (χ2n) is 2.10. The zero-order valence-electron chi connectivity index (χ0n) is 5.97. The van der Waals surface area contributed by atoms with Gasteiger partial charge in [0.15, 0.2) is 0 Å². The molecule has 1 aromatic rings. The van der Waals surface area contributed by atoms with Gasteiger partial charge in [0.2, 0.25) is 5.78 Å². The van der Waals surface area contributed by atoms with Crippen molar-refractivity contribution in [3.05, 3.63) is 33.1 Å². The van der Waals surface area contributed by atoms with Crippen molar-refractivity contribution in [3.8, 4) is 12.3 Å². The zero-order valence-corrected chi connectivity index (χ0v) is 8.13. The van der Waals surface area contributed by atoms with Gasteiger partial charge >= 0.3 is 0 Å². The predicted molar refractivity (Wildman–Crippen MR) is 52.3 cm³/mol. The van der Waals surface area contributed by atoms with Crippen LogP contribution in [0.4, 0.5) is 4.39 Å². The van der Waals surface area contributed by atoms with E-state index in [4.69, 9.17) is 6.42 Å². The molecule has 1 rings (SSSR count). The Balaban J connectivity index is 3.20. The highest BCUT2D eigenvalue weighted by Crippen LogP contribution is 2.13. The Morgan fingerprint density at radius 2 is 2.25 bits per heavy atom. The summed E-state index contributed by atoms with van der Waals surface area (Å²) in [5, 5.41) is 0. The van der Waals surface area contributed by atoms with Gasteiger partial charge in [0.1, 0.15) is 5.82 Å². The average Bonchev–Trinajstić information content (AvgIpc) is 2.03. The molecule has 1 nitrogen and oxygen atoms in total. The van der Waals surface area contributed by atoms with Crippen LogP contribution in [-0.2, 0) is 0 Å². The number of ketones is 1. The fourth-order valence-corrected chi connectivity index (χ4v) is 1.47. The fraction of sp³-hybridized carbons (Fsp3) is 0. The van der Waals surface area contributed by atoms with Crippen molar-refractivity contribution in [1.29, 1.82) is 0 Å². The highest BCUT2D eigenvalue weighted by Gasteiger charge is 2.06. The van der Waals surface area contributed by atoms with Crippen molar-refractivity contribution in [2.24, 2.45) is 0 Å². The highest BCUT2D eigenvalue weighted by atomic mass is 127. The maximum atomic E-state index is 12.5. The Bertz CT molecular complexity index is 365. The van der Waals surface area contributed by atoms with Crippen LogP contribution in [0.15, 0.2) is 18.2 Å². The first kappa shape index (κ1) is 9.20. The number of Topliss-reactive ketones (excluding diaryl/α,β-unsaturated/α-hetero) is 1. The lowest BCUT2D eigenvalue weighted by atomic mass is 10.1. The van der Waals surface area contributed by atoms with Crippen molar-refractivity contribution in [1.82, 2.24) is 0 Å². The summed E-state index contributed by atoms with van der Waals surface area (Å²) in [6.07, 6.45) is 4.91. The molecule has 0 N–H and O–H groups in total. The maximum Gasteiger partial charge on any atom is 0.236 e. The minimum atomic E-state index is -0.417. The van der Waals surface area contributed by atoms with Crippen molar-refractivity contribution in [3.63, 3.8) is 0 Å². The van der Waals surface area contributed by atoms with Crippen LogP contribution < -0.4 is 0 Å². The van der Waals surface area contributed by atoms with Crippen LogP contribution in [0, 0.1) is 21.7 Å². The maximum absolute atomic E-state index is 12.5. The van der Waals surface area contributed by atoms with Crippen LogP contribution in [-0.4, -0.2) is 5.78 Å². The van der Waals surface area contributed by atoms with Gasteiger partial charge in [-0.25, -0.2) is 4.39 Å². The summed E-state index contributed by atoms with van der Waals surface area (Å²) < 4.78 is 13.1. The van der Waals surface area contributed by atoms with Gasteiger partial charge < -0.3 is 0 Å². The Hall–Kier alpha value is -0.890. The minimum Gasteiger partial charge on any atom is -0.279 e. The van der Waals surface area contributed by atoms with Crippen LogP contribution in [0.2, 0.25) is 0 Å². The second-order valence-corrected chi connectivity index (χ2v) is 3.26. The normalized spacial score (nSPS) is 9.08. The lowest BCUT2D eigenvalue weighted by Crippen LogP contribution is -1.98. The van der Waals surface area contributed by atoms with E-state index < -0.39 is 5.78 Å². The topological polar surface area (TPSA) is 17.1 Å². The Labute approximate surface area is 83.1 Å². The van der Waals surface area contributed by atoms with E-state index >= 15 is 0 Å². The molecular formula is C9H4FIO. The molecule has 3 heteroatoms. The first-order valence-electron chi connectivity index (χ1n) is 3.11. The van der Waals surface area contributed by atoms with Gasteiger partial charge in [-0.1, -0.05) is 0 Å². The number of carbonyl (C=O) groups excluding carboxylic acids is 1. The van der Waals surface area contributed by atoms with Gasteiger partial charge in [0, 0.05) is 9.13 Å². The molecule has 0 spiro atoms. The molecule has 1 aromatic carbocycles. The lowest BCUT2D eigenvalue weighted by Gasteiger charge is -1.97. The third-order valence-electron chi connectivity index (χ3n) is 1.31. The Kier molecular flexibility index (Phi) is 2.82. The molecule has 0 saturated heterocycles. The largest absolute Gasteiger partial charge is 0.279 e. The van der Waals surface area contributed by atoms with E-state index in [9.17, 15) is 9.18 Å². The molecule has 0 saturated carbocycles. The number of hydrogen-bond donors (Lipinski definition) is 0. The van der Waals surface area contributed by atoms with Gasteiger partial charge in [-0.2, -0.15) is 0 Å². The van der Waals surface area contributed by atoms with E-state index in [2.05, 4.69) is 0 Å². The molecule has 0 aliphatic heterocycles. The van der Waals surface area contributed by atoms with Gasteiger partial charge in [0.25, 0.3) is 0 Å². The first-order chi connectivity index (χ1) is 5.65. The molecule has 0 aliphatic carbocycles. The van der Waals surface area contributed by atoms with Gasteiger partial charge in [-0.3, -0.25) is 4.79 Å². The number of benzene rings is 1. The van der Waals surface area contributed by atoms with E-state index in [-0.39, 0.29) is 5.82 Å². The Morgan fingerprint density at radius 1 is 1.58 bits per heavy atom. The fourth-order valence-electron chi connectivity index (χ4n) is 0.751. The van der Waals surface area contributed by atoms with Crippen molar-refractivity contribution in [2.75, 3.05) is 0 Å². The van der Waals surface area contributed by atoms with Crippen molar-refractivity contribution in [2.45, 2.75) is 0 Å². The van der Waals surface area contributed by atoms with E-state index in [1.807, 2.05) is 28.5 Å². The van der Waals surface area contributed by atoms with E-state index in [1.165, 1.54) is 18.2 Å². The third-order valence-corrected chi connectivity index (χ3v) is 2.20. The summed E-state index contributed by atoms with van der Waals surface area (Å²) >= 11 is 1.87. The molecule has 0 aliphatic rings. The standard InChI is InChI=1S/C9H4FIO/c1-2-9(12)7-4-3-6(10)5-8(7)11/h1,3-5H. The van der Waals surface area contributed by atoms with Crippen LogP contribution in [0.1, 0.15) is 10.4 Å². The van der Waals surface area contributed by atoms with Gasteiger partial charge in [-0.05, 0) is 46.7 Å². The minimum absolute atomic E-state index is 0.368. The number of carbonyl (C=O) groups is 1. The van der Waals surface area contributed by atoms with Crippen LogP contribution >= 0.6 is 22.6 Å². The zero-order chi connectivity index (χ0) is 9.14. The summed E-state index contributed by atoms with van der Waals surface area (Å²) in [6, 6.07) is 3.87. The van der Waals surface area contributed by atoms with Crippen molar-refractivity contribution < 1.29 is 9.18 Å². The molecular weight excluding hydrogens is 270 g/mol. The Morgan fingerprint density at radius 3 is 2.75 bits per heavy atom. The molecule has 0 aromatic heterocycles. The van der Waals surface area contributed by atoms with E-state index in [0.29, 0.717) is 9.13 Å². The summed E-state index contributed by atoms with van der Waals surface area (Å²) in [4.78, 5) is 11.0. The first-order valence-corrected chi connectivity index (χ1v) is 4.19. The quantitative estimate of drug-likeness (QED) is 0.332. The molecule has 60 valence electrons. The van der Waals surface area contributed by atoms with Crippen molar-refractivity contribution >= 4 is 28.4 Å². The summed E-state index contributed by atoms with van der Waals surface area (Å²) in [5.41, 5.74) is 0.375. The van der Waals surface area contributed by atoms with Gasteiger partial charge in [-0.15, -0.1) is 6.42 Å². The summed E-state index contributed by atoms with van der Waals surface area (Å²) in [6.45, 7) is 0. The molecule has 0 heterocycles. The highest BCUT2D eigenvalue weighted by molar-refractivity contribution is 14.1. The van der Waals surface area contributed by atoms with E-state index in [1.54, 1.807) is 0 Å². The number of hydrogen-bond acceptors (Lipinski definition) is 1. The summed E-state index contributed by atoms with van der Waals surface area (Å²) in [7, 11) is 0. The molecule has 0 atom stereocenters. The monoisotopic (exact) mass is 274 g/mol. The SMILES string of the molecule is C#CC(=O)c1ccc(F)cc1I. The third kappa shape index (κ3) is 1.83. The number of halogens is 2. The smallest absolute Gasteiger partial charge is 0.236 e. The summed E-state index contributed by atoms with van der Waals surface area (Å²) in [5.74, 6) is 1.19. The predicted octanol–water partition coefficient (Wildman–Crippen LogP) is 2.25. The number of terminal acetylenes is 1. The number of rotatable bonds is 1. The molecule has 0 amide bonds. The molecule has 0 radical (unpaired) electrons. The molecule has 12 heavy (non-hydrogen) atoms. The average molecular weight is 274 g/mol. The molecule has 0 bridgehead atoms. The van der Waals surface area contributed by atoms with E-state index in [0.717, 1.165) is 0 Å². The second kappa shape index (κ2) is 3.68. The van der Waals surface area contributed by atoms with Crippen LogP contribution in [0.3, 0.4) is 0 Å². The van der Waals surface area contributed by atoms with Crippen LogP contribution in [0.5, 0.6) is 0 Å². The molecule has 0 fully saturated rings. The van der Waals surface area contributed by atoms with Crippen LogP contribution in [0.25, 0.3) is 0 Å². The lowest BCUT2D eigenvalue weighted by molar-refractivity contribution is 0.105. The molecule has 0 unspecified atom stereocenters.